The molecule has 28 heavy (non-hydrogen) atoms. The molecule has 9 heteroatoms. The third-order valence-corrected chi connectivity index (χ3v) is 4.57. The van der Waals surface area contributed by atoms with Crippen LogP contribution in [0.1, 0.15) is 17.5 Å². The highest BCUT2D eigenvalue weighted by atomic mass is 35.5. The second kappa shape index (κ2) is 8.99. The Labute approximate surface area is 168 Å². The minimum absolute atomic E-state index is 0. The molecule has 4 N–H and O–H groups in total. The van der Waals surface area contributed by atoms with Crippen LogP contribution >= 0.6 is 12.4 Å². The van der Waals surface area contributed by atoms with Gasteiger partial charge >= 0.3 is 6.16 Å². The van der Waals surface area contributed by atoms with Crippen LogP contribution < -0.4 is 15.6 Å². The molecule has 1 aliphatic carbocycles. The third kappa shape index (κ3) is 4.58. The van der Waals surface area contributed by atoms with Crippen molar-refractivity contribution >= 4 is 24.2 Å². The summed E-state index contributed by atoms with van der Waals surface area (Å²) in [5.74, 6) is -0.983. The Balaban J connectivity index is 0.00000280. The fourth-order valence-corrected chi connectivity index (χ4v) is 3.30. The van der Waals surface area contributed by atoms with Gasteiger partial charge in [0.2, 0.25) is 5.75 Å². The molecule has 2 aromatic rings. The quantitative estimate of drug-likeness (QED) is 0.561. The van der Waals surface area contributed by atoms with Gasteiger partial charge < -0.3 is 30.2 Å². The summed E-state index contributed by atoms with van der Waals surface area (Å²) in [6, 6.07) is 5.89. The molecule has 0 saturated carbocycles. The monoisotopic (exact) mass is 409 g/mol. The van der Waals surface area contributed by atoms with E-state index in [-0.39, 0.29) is 12.4 Å². The summed E-state index contributed by atoms with van der Waals surface area (Å²) < 4.78 is 4.46. The second-order valence-corrected chi connectivity index (χ2v) is 6.81. The largest absolute Gasteiger partial charge is 0.511 e. The lowest BCUT2D eigenvalue weighted by molar-refractivity contribution is 0.142. The minimum atomic E-state index is -1.64. The number of anilines is 1. The molecule has 0 fully saturated rings. The molecule has 1 aromatic carbocycles. The van der Waals surface area contributed by atoms with Crippen LogP contribution in [0.2, 0.25) is 0 Å². The number of aryl methyl sites for hydroxylation is 1. The predicted molar refractivity (Wildman–Crippen MR) is 109 cm³/mol. The zero-order valence-corrected chi connectivity index (χ0v) is 16.6. The Morgan fingerprint density at radius 3 is 2.75 bits per heavy atom. The van der Waals surface area contributed by atoms with Crippen LogP contribution in [0.5, 0.6) is 11.5 Å². The van der Waals surface area contributed by atoms with Gasteiger partial charge in [0.25, 0.3) is 5.56 Å². The molecule has 0 radical (unpaired) electrons. The highest BCUT2D eigenvalue weighted by Crippen LogP contribution is 2.38. The number of aromatic hydroxyl groups is 1. The van der Waals surface area contributed by atoms with Crippen molar-refractivity contribution in [1.29, 1.82) is 0 Å². The summed E-state index contributed by atoms with van der Waals surface area (Å²) in [6.45, 7) is 1.73. The van der Waals surface area contributed by atoms with E-state index >= 15 is 0 Å². The maximum Gasteiger partial charge on any atom is 0.511 e. The molecule has 1 aromatic heterocycles. The third-order valence-electron chi connectivity index (χ3n) is 4.57. The first-order chi connectivity index (χ1) is 12.9. The van der Waals surface area contributed by atoms with Crippen LogP contribution in [-0.2, 0) is 12.8 Å². The number of aromatic amines is 1. The van der Waals surface area contributed by atoms with E-state index in [0.29, 0.717) is 17.7 Å². The number of pyridine rings is 1. The molecule has 0 spiro atoms. The van der Waals surface area contributed by atoms with Gasteiger partial charge in [0.05, 0.1) is 5.69 Å². The van der Waals surface area contributed by atoms with Gasteiger partial charge in [-0.25, -0.2) is 4.79 Å². The van der Waals surface area contributed by atoms with Gasteiger partial charge in [0, 0.05) is 29.9 Å². The maximum absolute atomic E-state index is 12.2. The van der Waals surface area contributed by atoms with Crippen molar-refractivity contribution in [3.63, 3.8) is 0 Å². The number of fused-ring (bicyclic) bond motifs is 3. The number of hydrogen-bond acceptors (Lipinski definition) is 6. The van der Waals surface area contributed by atoms with Crippen molar-refractivity contribution in [2.45, 2.75) is 19.3 Å². The van der Waals surface area contributed by atoms with Crippen LogP contribution in [0.15, 0.2) is 23.0 Å². The van der Waals surface area contributed by atoms with Crippen molar-refractivity contribution < 1.29 is 19.7 Å². The number of hydrogen-bond donors (Lipinski definition) is 4. The predicted octanol–water partition coefficient (Wildman–Crippen LogP) is 2.69. The molecule has 0 amide bonds. The SMILES string of the molecule is CN(C)CCNc1ccc2c(c1)CCCc1c-2[nH]c(=O)c(OC(=O)O)c1O.Cl. The fraction of sp³-hybridized carbons (Fsp3) is 0.368. The van der Waals surface area contributed by atoms with E-state index < -0.39 is 23.2 Å². The first-order valence-electron chi connectivity index (χ1n) is 8.77. The second-order valence-electron chi connectivity index (χ2n) is 6.81. The topological polar surface area (TPSA) is 115 Å². The molecule has 1 aliphatic rings. The lowest BCUT2D eigenvalue weighted by Crippen LogP contribution is -2.20. The average Bonchev–Trinajstić information content (AvgIpc) is 2.77. The Bertz CT molecular complexity index is 927. The van der Waals surface area contributed by atoms with Crippen LogP contribution in [0.25, 0.3) is 11.3 Å². The Morgan fingerprint density at radius 2 is 2.07 bits per heavy atom. The van der Waals surface area contributed by atoms with E-state index in [4.69, 9.17) is 5.11 Å². The lowest BCUT2D eigenvalue weighted by Gasteiger charge is -2.15. The lowest BCUT2D eigenvalue weighted by atomic mass is 10.00. The number of nitrogens with zero attached hydrogens (tertiary/aromatic N) is 1. The molecule has 1 heterocycles. The van der Waals surface area contributed by atoms with Gasteiger partial charge in [-0.05, 0) is 51.1 Å². The van der Waals surface area contributed by atoms with Crippen molar-refractivity contribution in [1.82, 2.24) is 9.88 Å². The zero-order chi connectivity index (χ0) is 19.6. The maximum atomic E-state index is 12.2. The van der Waals surface area contributed by atoms with E-state index in [1.807, 2.05) is 26.2 Å². The molecular weight excluding hydrogens is 386 g/mol. The first kappa shape index (κ1) is 21.6. The number of benzene rings is 1. The van der Waals surface area contributed by atoms with E-state index in [2.05, 4.69) is 26.0 Å². The molecule has 0 aliphatic heterocycles. The molecule has 8 nitrogen and oxygen atoms in total. The summed E-state index contributed by atoms with van der Waals surface area (Å²) in [4.78, 5) is 27.8. The van der Waals surface area contributed by atoms with Crippen LogP contribution in [0, 0.1) is 0 Å². The highest BCUT2D eigenvalue weighted by molar-refractivity contribution is 5.85. The van der Waals surface area contributed by atoms with Crippen LogP contribution in [-0.4, -0.2) is 53.4 Å². The van der Waals surface area contributed by atoms with E-state index in [1.54, 1.807) is 0 Å². The number of ether oxygens (including phenoxy) is 1. The van der Waals surface area contributed by atoms with Crippen molar-refractivity contribution in [3.8, 4) is 22.8 Å². The summed E-state index contributed by atoms with van der Waals surface area (Å²) >= 11 is 0. The summed E-state index contributed by atoms with van der Waals surface area (Å²) in [6.07, 6.45) is 0.404. The Hall–Kier alpha value is -2.71. The van der Waals surface area contributed by atoms with Gasteiger partial charge in [-0.1, -0.05) is 6.07 Å². The first-order valence-corrected chi connectivity index (χ1v) is 8.77. The fourth-order valence-electron chi connectivity index (χ4n) is 3.30. The number of likely N-dealkylation sites (N-methyl/N-ethyl adjacent to an activating group) is 1. The molecule has 152 valence electrons. The number of nitrogens with one attached hydrogen (secondary N) is 2. The number of aromatic nitrogens is 1. The number of carboxylic acid groups (broad SMARTS) is 1. The van der Waals surface area contributed by atoms with Gasteiger partial charge in [0.15, 0.2) is 5.75 Å². The molecule has 0 atom stereocenters. The number of rotatable bonds is 5. The van der Waals surface area contributed by atoms with Crippen LogP contribution in [0.4, 0.5) is 10.5 Å². The molecule has 3 rings (SSSR count). The molecule has 0 saturated heterocycles. The standard InChI is InChI=1S/C19H23N3O5.ClH/c1-22(2)9-8-20-12-6-7-13-11(10-12)4-3-5-14-15(13)21-18(24)17(16(14)23)27-19(25)26;/h6-7,10,20H,3-5,8-9H2,1-2H3,(H,25,26)(H2,21,23,24);1H. The summed E-state index contributed by atoms with van der Waals surface area (Å²) in [5.41, 5.74) is 3.13. The smallest absolute Gasteiger partial charge is 0.504 e. The van der Waals surface area contributed by atoms with Gasteiger partial charge in [-0.15, -0.1) is 12.4 Å². The Morgan fingerprint density at radius 1 is 1.32 bits per heavy atom. The van der Waals surface area contributed by atoms with Crippen molar-refractivity contribution in [2.24, 2.45) is 0 Å². The minimum Gasteiger partial charge on any atom is -0.504 e. The van der Waals surface area contributed by atoms with E-state index in [1.165, 1.54) is 0 Å². The van der Waals surface area contributed by atoms with Gasteiger partial charge in [-0.2, -0.15) is 0 Å². The normalized spacial score (nSPS) is 12.4. The van der Waals surface area contributed by atoms with Crippen molar-refractivity contribution in [2.75, 3.05) is 32.5 Å². The molecule has 0 unspecified atom stereocenters. The summed E-state index contributed by atoms with van der Waals surface area (Å²) in [7, 11) is 4.03. The molecular formula is C19H24ClN3O5. The number of carbonyl (C=O) groups is 1. The van der Waals surface area contributed by atoms with Crippen molar-refractivity contribution in [3.05, 3.63) is 39.7 Å². The van der Waals surface area contributed by atoms with E-state index in [9.17, 15) is 14.7 Å². The summed E-state index contributed by atoms with van der Waals surface area (Å²) in [5, 5.41) is 22.6. The number of halogens is 1. The average molecular weight is 410 g/mol. The van der Waals surface area contributed by atoms with Crippen LogP contribution in [0.3, 0.4) is 0 Å². The zero-order valence-electron chi connectivity index (χ0n) is 15.7. The van der Waals surface area contributed by atoms with Gasteiger partial charge in [0.1, 0.15) is 0 Å². The number of H-pyrrole nitrogens is 1. The van der Waals surface area contributed by atoms with Gasteiger partial charge in [-0.3, -0.25) is 4.79 Å². The Kier molecular flexibility index (Phi) is 6.93. The highest BCUT2D eigenvalue weighted by Gasteiger charge is 2.24. The molecule has 0 bridgehead atoms. The van der Waals surface area contributed by atoms with E-state index in [0.717, 1.165) is 42.7 Å².